The van der Waals surface area contributed by atoms with Crippen LogP contribution in [0.4, 0.5) is 0 Å². The molecule has 0 aliphatic rings. The summed E-state index contributed by atoms with van der Waals surface area (Å²) in [6.07, 6.45) is 1.26. The van der Waals surface area contributed by atoms with Crippen molar-refractivity contribution in [1.29, 1.82) is 0 Å². The molecule has 6 nitrogen and oxygen atoms in total. The van der Waals surface area contributed by atoms with Gasteiger partial charge in [0.15, 0.2) is 6.29 Å². The smallest absolute Gasteiger partial charge is 0.163 e. The molecule has 0 aromatic carbocycles. The number of aromatic nitrogens is 3. The normalized spacial score (nSPS) is 13.3. The third-order valence-corrected chi connectivity index (χ3v) is 2.02. The molecule has 1 heterocycles. The van der Waals surface area contributed by atoms with E-state index in [4.69, 9.17) is 9.47 Å². The lowest BCUT2D eigenvalue weighted by Crippen LogP contribution is -2.20. The quantitative estimate of drug-likeness (QED) is 0.698. The van der Waals surface area contributed by atoms with Crippen LogP contribution in [0, 0.1) is 0 Å². The second kappa shape index (κ2) is 6.57. The van der Waals surface area contributed by atoms with Crippen LogP contribution < -0.4 is 0 Å². The maximum atomic E-state index is 9.28. The van der Waals surface area contributed by atoms with Crippen molar-refractivity contribution in [2.45, 2.75) is 39.7 Å². The Kier molecular flexibility index (Phi) is 5.37. The van der Waals surface area contributed by atoms with E-state index in [1.54, 1.807) is 13.1 Å². The summed E-state index contributed by atoms with van der Waals surface area (Å²) in [5, 5.41) is 17.0. The first kappa shape index (κ1) is 13.1. The van der Waals surface area contributed by atoms with Gasteiger partial charge in [-0.3, -0.25) is 0 Å². The summed E-state index contributed by atoms with van der Waals surface area (Å²) >= 11 is 0. The Balaban J connectivity index is 2.55. The first-order valence-corrected chi connectivity index (χ1v) is 5.49. The number of ether oxygens (including phenoxy) is 2. The Labute approximate surface area is 95.2 Å². The van der Waals surface area contributed by atoms with E-state index in [0.717, 1.165) is 5.69 Å². The van der Waals surface area contributed by atoms with E-state index in [2.05, 4.69) is 10.3 Å². The average Bonchev–Trinajstić information content (AvgIpc) is 2.67. The lowest BCUT2D eigenvalue weighted by Gasteiger charge is -2.15. The van der Waals surface area contributed by atoms with Crippen molar-refractivity contribution >= 4 is 0 Å². The average molecular weight is 229 g/mol. The van der Waals surface area contributed by atoms with Crippen molar-refractivity contribution in [2.24, 2.45) is 0 Å². The molecule has 0 fully saturated rings. The number of aliphatic hydroxyl groups excluding tert-OH is 1. The van der Waals surface area contributed by atoms with Crippen molar-refractivity contribution in [3.8, 4) is 0 Å². The van der Waals surface area contributed by atoms with Gasteiger partial charge in [0.2, 0.25) is 0 Å². The Hall–Kier alpha value is -0.980. The SMILES string of the molecule is CCOC(Cc1cn(C(C)O)nn1)OCC. The minimum absolute atomic E-state index is 0.297. The van der Waals surface area contributed by atoms with Crippen molar-refractivity contribution in [3.05, 3.63) is 11.9 Å². The number of hydrogen-bond acceptors (Lipinski definition) is 5. The second-order valence-corrected chi connectivity index (χ2v) is 3.37. The summed E-state index contributed by atoms with van der Waals surface area (Å²) < 4.78 is 12.2. The zero-order valence-electron chi connectivity index (χ0n) is 9.96. The largest absolute Gasteiger partial charge is 0.372 e. The molecule has 16 heavy (non-hydrogen) atoms. The van der Waals surface area contributed by atoms with E-state index in [1.807, 2.05) is 13.8 Å². The molecular formula is C10H19N3O3. The molecule has 1 aromatic heterocycles. The highest BCUT2D eigenvalue weighted by atomic mass is 16.7. The molecule has 0 saturated heterocycles. The topological polar surface area (TPSA) is 69.4 Å². The van der Waals surface area contributed by atoms with Crippen molar-refractivity contribution in [3.63, 3.8) is 0 Å². The molecule has 0 aliphatic carbocycles. The molecule has 0 spiro atoms. The fraction of sp³-hybridized carbons (Fsp3) is 0.800. The van der Waals surface area contributed by atoms with Crippen molar-refractivity contribution < 1.29 is 14.6 Å². The van der Waals surface area contributed by atoms with E-state index in [9.17, 15) is 5.11 Å². The minimum Gasteiger partial charge on any atom is -0.372 e. The molecule has 0 aliphatic heterocycles. The standard InChI is InChI=1S/C10H19N3O3/c1-4-15-10(16-5-2)6-9-7-13(8(3)14)12-11-9/h7-8,10,14H,4-6H2,1-3H3. The number of rotatable bonds is 7. The van der Waals surface area contributed by atoms with Gasteiger partial charge in [0.25, 0.3) is 0 Å². The maximum Gasteiger partial charge on any atom is 0.163 e. The van der Waals surface area contributed by atoms with Crippen molar-refractivity contribution in [1.82, 2.24) is 15.0 Å². The Morgan fingerprint density at radius 1 is 1.38 bits per heavy atom. The van der Waals surface area contributed by atoms with Crippen molar-refractivity contribution in [2.75, 3.05) is 13.2 Å². The Bertz CT molecular complexity index is 295. The lowest BCUT2D eigenvalue weighted by molar-refractivity contribution is -0.135. The highest BCUT2D eigenvalue weighted by Crippen LogP contribution is 2.06. The fourth-order valence-corrected chi connectivity index (χ4v) is 1.30. The van der Waals surface area contributed by atoms with Gasteiger partial charge in [-0.05, 0) is 20.8 Å². The number of aliphatic hydroxyl groups is 1. The third kappa shape index (κ3) is 3.88. The second-order valence-electron chi connectivity index (χ2n) is 3.37. The van der Waals surface area contributed by atoms with E-state index in [0.29, 0.717) is 19.6 Å². The van der Waals surface area contributed by atoms with Crippen LogP contribution in [0.1, 0.15) is 32.7 Å². The van der Waals surface area contributed by atoms with Gasteiger partial charge < -0.3 is 14.6 Å². The summed E-state index contributed by atoms with van der Waals surface area (Å²) in [6.45, 7) is 6.64. The van der Waals surface area contributed by atoms with Crippen LogP contribution in [-0.4, -0.2) is 39.6 Å². The maximum absolute atomic E-state index is 9.28. The van der Waals surface area contributed by atoms with Crippen LogP contribution in [-0.2, 0) is 15.9 Å². The van der Waals surface area contributed by atoms with Crippen LogP contribution in [0.25, 0.3) is 0 Å². The summed E-state index contributed by atoms with van der Waals surface area (Å²) in [5.41, 5.74) is 0.743. The molecule has 1 atom stereocenters. The molecular weight excluding hydrogens is 210 g/mol. The van der Waals surface area contributed by atoms with Crippen LogP contribution in [0.2, 0.25) is 0 Å². The zero-order chi connectivity index (χ0) is 12.0. The van der Waals surface area contributed by atoms with Crippen LogP contribution >= 0.6 is 0 Å². The lowest BCUT2D eigenvalue weighted by atomic mass is 10.3. The molecule has 1 N–H and O–H groups in total. The first-order valence-electron chi connectivity index (χ1n) is 5.49. The minimum atomic E-state index is -0.668. The van der Waals surface area contributed by atoms with Crippen LogP contribution in [0.5, 0.6) is 0 Å². The fourth-order valence-electron chi connectivity index (χ4n) is 1.30. The number of hydrogen-bond donors (Lipinski definition) is 1. The van der Waals surface area contributed by atoms with Crippen LogP contribution in [0.15, 0.2) is 6.20 Å². The third-order valence-electron chi connectivity index (χ3n) is 2.02. The molecule has 1 aromatic rings. The molecule has 1 unspecified atom stereocenters. The molecule has 6 heteroatoms. The van der Waals surface area contributed by atoms with Gasteiger partial charge in [0.1, 0.15) is 6.23 Å². The molecule has 1 rings (SSSR count). The predicted octanol–water partition coefficient (Wildman–Crippen LogP) is 0.730. The molecule has 92 valence electrons. The number of nitrogens with zero attached hydrogens (tertiary/aromatic N) is 3. The summed E-state index contributed by atoms with van der Waals surface area (Å²) in [7, 11) is 0. The van der Waals surface area contributed by atoms with E-state index in [1.165, 1.54) is 4.68 Å². The van der Waals surface area contributed by atoms with Gasteiger partial charge in [0, 0.05) is 19.6 Å². The predicted molar refractivity (Wildman–Crippen MR) is 57.7 cm³/mol. The summed E-state index contributed by atoms with van der Waals surface area (Å²) in [5.74, 6) is 0. The molecule has 0 radical (unpaired) electrons. The zero-order valence-corrected chi connectivity index (χ0v) is 9.96. The molecule has 0 bridgehead atoms. The highest BCUT2D eigenvalue weighted by Gasteiger charge is 2.12. The van der Waals surface area contributed by atoms with Crippen LogP contribution in [0.3, 0.4) is 0 Å². The van der Waals surface area contributed by atoms with Gasteiger partial charge in [-0.1, -0.05) is 5.21 Å². The molecule has 0 amide bonds. The molecule has 0 saturated carbocycles. The highest BCUT2D eigenvalue weighted by molar-refractivity contribution is 4.93. The Morgan fingerprint density at radius 2 is 2.00 bits per heavy atom. The summed E-state index contributed by atoms with van der Waals surface area (Å²) in [4.78, 5) is 0. The Morgan fingerprint density at radius 3 is 2.44 bits per heavy atom. The van der Waals surface area contributed by atoms with Gasteiger partial charge in [-0.25, -0.2) is 4.68 Å². The van der Waals surface area contributed by atoms with Gasteiger partial charge in [-0.15, -0.1) is 5.10 Å². The summed E-state index contributed by atoms with van der Waals surface area (Å²) in [6, 6.07) is 0. The van der Waals surface area contributed by atoms with Gasteiger partial charge in [-0.2, -0.15) is 0 Å². The van der Waals surface area contributed by atoms with E-state index < -0.39 is 6.23 Å². The monoisotopic (exact) mass is 229 g/mol. The van der Waals surface area contributed by atoms with Gasteiger partial charge in [0.05, 0.1) is 11.9 Å². The van der Waals surface area contributed by atoms with Gasteiger partial charge >= 0.3 is 0 Å². The van der Waals surface area contributed by atoms with E-state index >= 15 is 0 Å². The first-order chi connectivity index (χ1) is 7.67. The van der Waals surface area contributed by atoms with E-state index in [-0.39, 0.29) is 6.29 Å².